The molecule has 0 amide bonds. The maximum absolute atomic E-state index is 10.4. The summed E-state index contributed by atoms with van der Waals surface area (Å²) < 4.78 is 1.51. The molecule has 2 aromatic heterocycles. The lowest BCUT2D eigenvalue weighted by Crippen LogP contribution is -1.90. The Morgan fingerprint density at radius 1 is 1.46 bits per heavy atom. The van der Waals surface area contributed by atoms with Crippen LogP contribution in [0.2, 0.25) is 5.15 Å². The number of nitrogens with zero attached hydrogens (tertiary/aromatic N) is 3. The van der Waals surface area contributed by atoms with E-state index in [2.05, 4.69) is 4.98 Å². The van der Waals surface area contributed by atoms with Crippen LogP contribution < -0.4 is 0 Å². The van der Waals surface area contributed by atoms with Crippen LogP contribution in [0.1, 0.15) is 0 Å². The molecule has 0 bridgehead atoms. The third-order valence-corrected chi connectivity index (χ3v) is 1.80. The van der Waals surface area contributed by atoms with Crippen LogP contribution >= 0.6 is 11.6 Å². The lowest BCUT2D eigenvalue weighted by molar-refractivity contribution is -0.385. The van der Waals surface area contributed by atoms with E-state index in [-0.39, 0.29) is 5.69 Å². The van der Waals surface area contributed by atoms with Gasteiger partial charge >= 0.3 is 0 Å². The smallest absolute Gasteiger partial charge is 0.286 e. The Kier molecular flexibility index (Phi) is 1.66. The molecule has 66 valence electrons. The van der Waals surface area contributed by atoms with Gasteiger partial charge in [-0.3, -0.25) is 14.5 Å². The largest absolute Gasteiger partial charge is 0.299 e. The molecule has 0 spiro atoms. The molecule has 0 aromatic carbocycles. The van der Waals surface area contributed by atoms with Crippen molar-refractivity contribution in [1.29, 1.82) is 0 Å². The molecule has 0 saturated carbocycles. The lowest BCUT2D eigenvalue weighted by Gasteiger charge is -1.92. The Bertz CT molecular complexity index is 480. The number of hydrogen-bond acceptors (Lipinski definition) is 3. The molecule has 5 nitrogen and oxygen atoms in total. The number of halogens is 1. The molecule has 0 aliphatic rings. The summed E-state index contributed by atoms with van der Waals surface area (Å²) in [5.74, 6) is 0. The van der Waals surface area contributed by atoms with Crippen LogP contribution in [0.3, 0.4) is 0 Å². The number of nitro groups is 1. The number of hydrogen-bond donors (Lipinski definition) is 0. The Morgan fingerprint density at radius 3 is 2.92 bits per heavy atom. The standard InChI is InChI=1S/C7H4ClN3O2/c8-6-4-10-3-5(11(12)13)1-2-7(10)9-6/h1-4H. The first-order valence-corrected chi connectivity index (χ1v) is 3.83. The molecule has 0 fully saturated rings. The molecule has 0 radical (unpaired) electrons. The minimum absolute atomic E-state index is 0.0153. The lowest BCUT2D eigenvalue weighted by atomic mass is 10.4. The molecular weight excluding hydrogens is 194 g/mol. The minimum Gasteiger partial charge on any atom is -0.299 e. The maximum atomic E-state index is 10.4. The van der Waals surface area contributed by atoms with Gasteiger partial charge in [0.25, 0.3) is 5.69 Å². The first kappa shape index (κ1) is 8.00. The van der Waals surface area contributed by atoms with Crippen molar-refractivity contribution in [2.45, 2.75) is 0 Å². The molecule has 0 aliphatic heterocycles. The predicted octanol–water partition coefficient (Wildman–Crippen LogP) is 1.90. The van der Waals surface area contributed by atoms with Gasteiger partial charge in [0.2, 0.25) is 0 Å². The van der Waals surface area contributed by atoms with Crippen molar-refractivity contribution >= 4 is 22.9 Å². The molecule has 13 heavy (non-hydrogen) atoms. The van der Waals surface area contributed by atoms with Crippen LogP contribution in [0.15, 0.2) is 24.5 Å². The summed E-state index contributed by atoms with van der Waals surface area (Å²) in [6.07, 6.45) is 2.89. The summed E-state index contributed by atoms with van der Waals surface area (Å²) >= 11 is 5.61. The van der Waals surface area contributed by atoms with Gasteiger partial charge in [-0.05, 0) is 6.07 Å². The molecule has 0 aliphatic carbocycles. The molecule has 6 heteroatoms. The van der Waals surface area contributed by atoms with E-state index in [0.29, 0.717) is 10.8 Å². The first-order chi connectivity index (χ1) is 6.16. The van der Waals surface area contributed by atoms with Gasteiger partial charge in [-0.25, -0.2) is 4.98 Å². The SMILES string of the molecule is O=[N+]([O-])c1ccc2nc(Cl)cn2c1. The second kappa shape index (κ2) is 2.70. The molecular formula is C7H4ClN3O2. The highest BCUT2D eigenvalue weighted by Gasteiger charge is 2.06. The van der Waals surface area contributed by atoms with E-state index in [1.54, 1.807) is 6.07 Å². The van der Waals surface area contributed by atoms with Crippen LogP contribution in [-0.2, 0) is 0 Å². The maximum Gasteiger partial charge on any atom is 0.286 e. The number of imidazole rings is 1. The van der Waals surface area contributed by atoms with Crippen LogP contribution in [0.4, 0.5) is 5.69 Å². The molecule has 2 aromatic rings. The van der Waals surface area contributed by atoms with Gasteiger partial charge in [0.05, 0.1) is 11.1 Å². The summed E-state index contributed by atoms with van der Waals surface area (Å²) in [7, 11) is 0. The van der Waals surface area contributed by atoms with Gasteiger partial charge in [-0.1, -0.05) is 11.6 Å². The third kappa shape index (κ3) is 1.33. The van der Waals surface area contributed by atoms with Crippen molar-refractivity contribution in [2.24, 2.45) is 0 Å². The molecule has 0 N–H and O–H groups in total. The Balaban J connectivity index is 2.67. The van der Waals surface area contributed by atoms with Gasteiger partial charge in [-0.15, -0.1) is 0 Å². The zero-order chi connectivity index (χ0) is 9.42. The van der Waals surface area contributed by atoms with E-state index < -0.39 is 4.92 Å². The summed E-state index contributed by atoms with van der Waals surface area (Å²) in [6.45, 7) is 0. The van der Waals surface area contributed by atoms with E-state index >= 15 is 0 Å². The Labute approximate surface area is 77.7 Å². The highest BCUT2D eigenvalue weighted by molar-refractivity contribution is 6.29. The van der Waals surface area contributed by atoms with E-state index in [1.807, 2.05) is 0 Å². The molecule has 0 atom stereocenters. The normalized spacial score (nSPS) is 10.5. The summed E-state index contributed by atoms with van der Waals surface area (Å²) in [4.78, 5) is 13.8. The minimum atomic E-state index is -0.465. The zero-order valence-electron chi connectivity index (χ0n) is 6.35. The van der Waals surface area contributed by atoms with Crippen molar-refractivity contribution in [2.75, 3.05) is 0 Å². The Hall–Kier alpha value is -1.62. The van der Waals surface area contributed by atoms with Gasteiger partial charge < -0.3 is 0 Å². The predicted molar refractivity (Wildman–Crippen MR) is 46.9 cm³/mol. The summed E-state index contributed by atoms with van der Waals surface area (Å²) in [5, 5.41) is 10.7. The average Bonchev–Trinajstić information content (AvgIpc) is 2.42. The number of pyridine rings is 1. The van der Waals surface area contributed by atoms with E-state index in [1.165, 1.54) is 22.9 Å². The van der Waals surface area contributed by atoms with Crippen LogP contribution in [-0.4, -0.2) is 14.3 Å². The van der Waals surface area contributed by atoms with Crippen molar-refractivity contribution in [3.8, 4) is 0 Å². The van der Waals surface area contributed by atoms with Crippen molar-refractivity contribution in [1.82, 2.24) is 9.38 Å². The topological polar surface area (TPSA) is 60.4 Å². The van der Waals surface area contributed by atoms with Gasteiger partial charge in [0, 0.05) is 12.3 Å². The van der Waals surface area contributed by atoms with Crippen molar-refractivity contribution in [3.05, 3.63) is 39.8 Å². The zero-order valence-corrected chi connectivity index (χ0v) is 7.10. The molecule has 2 rings (SSSR count). The van der Waals surface area contributed by atoms with Gasteiger partial charge in [-0.2, -0.15) is 0 Å². The van der Waals surface area contributed by atoms with E-state index in [0.717, 1.165) is 0 Å². The monoisotopic (exact) mass is 197 g/mol. The summed E-state index contributed by atoms with van der Waals surface area (Å²) in [6, 6.07) is 2.93. The second-order valence-corrected chi connectivity index (χ2v) is 2.86. The van der Waals surface area contributed by atoms with Crippen molar-refractivity contribution in [3.63, 3.8) is 0 Å². The van der Waals surface area contributed by atoms with E-state index in [4.69, 9.17) is 11.6 Å². The number of fused-ring (bicyclic) bond motifs is 1. The number of rotatable bonds is 1. The highest BCUT2D eigenvalue weighted by Crippen LogP contribution is 2.15. The third-order valence-electron chi connectivity index (χ3n) is 1.62. The average molecular weight is 198 g/mol. The number of aromatic nitrogens is 2. The van der Waals surface area contributed by atoms with Gasteiger partial charge in [0.1, 0.15) is 10.8 Å². The molecule has 0 saturated heterocycles. The van der Waals surface area contributed by atoms with Crippen LogP contribution in [0.5, 0.6) is 0 Å². The first-order valence-electron chi connectivity index (χ1n) is 3.45. The molecule has 2 heterocycles. The fraction of sp³-hybridized carbons (Fsp3) is 0. The van der Waals surface area contributed by atoms with Crippen molar-refractivity contribution < 1.29 is 4.92 Å². The quantitative estimate of drug-likeness (QED) is 0.518. The van der Waals surface area contributed by atoms with Crippen LogP contribution in [0.25, 0.3) is 5.65 Å². The fourth-order valence-electron chi connectivity index (χ4n) is 1.06. The summed E-state index contributed by atoms with van der Waals surface area (Å²) in [5.41, 5.74) is 0.608. The molecule has 0 unspecified atom stereocenters. The fourth-order valence-corrected chi connectivity index (χ4v) is 1.25. The second-order valence-electron chi connectivity index (χ2n) is 2.47. The van der Waals surface area contributed by atoms with E-state index in [9.17, 15) is 10.1 Å². The Morgan fingerprint density at radius 2 is 2.23 bits per heavy atom. The van der Waals surface area contributed by atoms with Crippen LogP contribution in [0, 0.1) is 10.1 Å². The highest BCUT2D eigenvalue weighted by atomic mass is 35.5. The van der Waals surface area contributed by atoms with Gasteiger partial charge in [0.15, 0.2) is 0 Å².